The van der Waals surface area contributed by atoms with Gasteiger partial charge in [-0.3, -0.25) is 4.90 Å². The zero-order chi connectivity index (χ0) is 15.4. The Morgan fingerprint density at radius 3 is 1.77 bits per heavy atom. The van der Waals surface area contributed by atoms with Gasteiger partial charge in [-0.05, 0) is 30.9 Å². The van der Waals surface area contributed by atoms with E-state index in [9.17, 15) is 0 Å². The molecular weight excluding hydrogens is 268 g/mol. The molecule has 0 N–H and O–H groups in total. The average molecular weight is 290 g/mol. The highest BCUT2D eigenvalue weighted by Crippen LogP contribution is 2.41. The van der Waals surface area contributed by atoms with Crippen molar-refractivity contribution in [1.82, 2.24) is 4.90 Å². The van der Waals surface area contributed by atoms with Gasteiger partial charge < -0.3 is 0 Å². The monoisotopic (exact) mass is 290 g/mol. The minimum absolute atomic E-state index is 0.00421. The Kier molecular flexibility index (Phi) is 4.27. The summed E-state index contributed by atoms with van der Waals surface area (Å²) in [4.78, 5) is 2.30. The predicted octanol–water partition coefficient (Wildman–Crippen LogP) is 3.98. The summed E-state index contributed by atoms with van der Waals surface area (Å²) in [5, 5.41) is 9.16. The van der Waals surface area contributed by atoms with Crippen molar-refractivity contribution in [2.75, 3.05) is 13.1 Å². The molecular formula is C20H22N2. The normalized spacial score (nSPS) is 19.3. The Morgan fingerprint density at radius 1 is 0.909 bits per heavy atom. The van der Waals surface area contributed by atoms with E-state index in [1.54, 1.807) is 0 Å². The molecule has 2 nitrogen and oxygen atoms in total. The third-order valence-electron chi connectivity index (χ3n) is 5.04. The molecule has 0 radical (unpaired) electrons. The number of likely N-dealkylation sites (tertiary alicyclic amines) is 1. The van der Waals surface area contributed by atoms with Crippen LogP contribution in [0.5, 0.6) is 0 Å². The molecule has 2 aromatic carbocycles. The highest BCUT2D eigenvalue weighted by molar-refractivity contribution is 5.40. The SMILES string of the molecule is CC(C#N)N1CCC(c2ccccc2)(c2ccccc2)CC1. The van der Waals surface area contributed by atoms with E-state index in [0.717, 1.165) is 25.9 Å². The molecule has 0 spiro atoms. The fourth-order valence-corrected chi connectivity index (χ4v) is 3.63. The lowest BCUT2D eigenvalue weighted by atomic mass is 9.68. The average Bonchev–Trinajstić information content (AvgIpc) is 2.62. The summed E-state index contributed by atoms with van der Waals surface area (Å²) in [7, 11) is 0. The van der Waals surface area contributed by atoms with Crippen LogP contribution in [0.2, 0.25) is 0 Å². The maximum atomic E-state index is 9.16. The van der Waals surface area contributed by atoms with Gasteiger partial charge in [0, 0.05) is 18.5 Å². The zero-order valence-electron chi connectivity index (χ0n) is 13.1. The minimum atomic E-state index is 0.00421. The molecule has 1 unspecified atom stereocenters. The number of nitriles is 1. The lowest BCUT2D eigenvalue weighted by Gasteiger charge is -2.43. The third kappa shape index (κ3) is 2.65. The van der Waals surface area contributed by atoms with E-state index in [1.807, 2.05) is 6.92 Å². The Bertz CT molecular complexity index is 593. The van der Waals surface area contributed by atoms with Crippen molar-refractivity contribution < 1.29 is 0 Å². The van der Waals surface area contributed by atoms with Gasteiger partial charge in [0.15, 0.2) is 0 Å². The second-order valence-electron chi connectivity index (χ2n) is 6.16. The number of hydrogen-bond donors (Lipinski definition) is 0. The summed E-state index contributed by atoms with van der Waals surface area (Å²) in [6.45, 7) is 3.94. The molecule has 3 rings (SSSR count). The molecule has 1 aliphatic heterocycles. The zero-order valence-corrected chi connectivity index (χ0v) is 13.1. The summed E-state index contributed by atoms with van der Waals surface area (Å²) < 4.78 is 0. The van der Waals surface area contributed by atoms with Crippen molar-refractivity contribution in [1.29, 1.82) is 5.26 Å². The maximum absolute atomic E-state index is 9.16. The van der Waals surface area contributed by atoms with Crippen LogP contribution in [0.4, 0.5) is 0 Å². The number of hydrogen-bond acceptors (Lipinski definition) is 2. The molecule has 1 atom stereocenters. The second-order valence-corrected chi connectivity index (χ2v) is 6.16. The molecule has 1 heterocycles. The summed E-state index contributed by atoms with van der Waals surface area (Å²) in [5.74, 6) is 0. The Balaban J connectivity index is 1.96. The van der Waals surface area contributed by atoms with Gasteiger partial charge in [-0.15, -0.1) is 0 Å². The highest BCUT2D eigenvalue weighted by Gasteiger charge is 2.38. The van der Waals surface area contributed by atoms with Crippen molar-refractivity contribution in [3.05, 3.63) is 71.8 Å². The van der Waals surface area contributed by atoms with Crippen LogP contribution >= 0.6 is 0 Å². The quantitative estimate of drug-likeness (QED) is 0.855. The molecule has 0 aromatic heterocycles. The van der Waals surface area contributed by atoms with Crippen LogP contribution in [-0.4, -0.2) is 24.0 Å². The first-order valence-electron chi connectivity index (χ1n) is 8.01. The molecule has 0 amide bonds. The number of benzene rings is 2. The van der Waals surface area contributed by atoms with E-state index in [-0.39, 0.29) is 11.5 Å². The van der Waals surface area contributed by atoms with Crippen LogP contribution < -0.4 is 0 Å². The molecule has 1 fully saturated rings. The Hall–Kier alpha value is -2.11. The van der Waals surface area contributed by atoms with Gasteiger partial charge in [-0.1, -0.05) is 60.7 Å². The van der Waals surface area contributed by atoms with Crippen LogP contribution in [-0.2, 0) is 5.41 Å². The van der Waals surface area contributed by atoms with E-state index in [0.29, 0.717) is 0 Å². The molecule has 0 aliphatic carbocycles. The summed E-state index contributed by atoms with van der Waals surface area (Å²) in [6.07, 6.45) is 2.13. The van der Waals surface area contributed by atoms with Crippen molar-refractivity contribution >= 4 is 0 Å². The van der Waals surface area contributed by atoms with Crippen molar-refractivity contribution in [3.8, 4) is 6.07 Å². The maximum Gasteiger partial charge on any atom is 0.0949 e. The second kappa shape index (κ2) is 6.34. The van der Waals surface area contributed by atoms with Gasteiger partial charge in [0.2, 0.25) is 0 Å². The van der Waals surface area contributed by atoms with E-state index in [2.05, 4.69) is 71.6 Å². The molecule has 22 heavy (non-hydrogen) atoms. The Labute approximate surface area is 133 Å². The highest BCUT2D eigenvalue weighted by atomic mass is 15.2. The topological polar surface area (TPSA) is 27.0 Å². The fourth-order valence-electron chi connectivity index (χ4n) is 3.63. The van der Waals surface area contributed by atoms with Crippen LogP contribution in [0.25, 0.3) is 0 Å². The molecule has 1 aliphatic rings. The van der Waals surface area contributed by atoms with E-state index in [4.69, 9.17) is 5.26 Å². The van der Waals surface area contributed by atoms with Gasteiger partial charge in [-0.2, -0.15) is 5.26 Å². The summed E-state index contributed by atoms with van der Waals surface area (Å²) in [6, 6.07) is 24.0. The third-order valence-corrected chi connectivity index (χ3v) is 5.04. The van der Waals surface area contributed by atoms with Crippen molar-refractivity contribution in [3.63, 3.8) is 0 Å². The first-order chi connectivity index (χ1) is 10.8. The van der Waals surface area contributed by atoms with Gasteiger partial charge in [-0.25, -0.2) is 0 Å². The van der Waals surface area contributed by atoms with Crippen molar-refractivity contribution in [2.45, 2.75) is 31.2 Å². The van der Waals surface area contributed by atoms with Crippen LogP contribution in [0, 0.1) is 11.3 Å². The molecule has 2 aromatic rings. The first-order valence-corrected chi connectivity index (χ1v) is 8.01. The lowest BCUT2D eigenvalue weighted by molar-refractivity contribution is 0.160. The molecule has 2 heteroatoms. The van der Waals surface area contributed by atoms with Gasteiger partial charge >= 0.3 is 0 Å². The smallest absolute Gasteiger partial charge is 0.0949 e. The largest absolute Gasteiger partial charge is 0.288 e. The standard InChI is InChI=1S/C20H22N2/c1-17(16-21)22-14-12-20(13-15-22,18-8-4-2-5-9-18)19-10-6-3-7-11-19/h2-11,17H,12-15H2,1H3. The lowest BCUT2D eigenvalue weighted by Crippen LogP contribution is -2.46. The van der Waals surface area contributed by atoms with Gasteiger partial charge in [0.25, 0.3) is 0 Å². The Morgan fingerprint density at radius 2 is 1.36 bits per heavy atom. The van der Waals surface area contributed by atoms with Crippen LogP contribution in [0.1, 0.15) is 30.9 Å². The molecule has 0 bridgehead atoms. The summed E-state index contributed by atoms with van der Waals surface area (Å²) >= 11 is 0. The van der Waals surface area contributed by atoms with E-state index < -0.39 is 0 Å². The van der Waals surface area contributed by atoms with Gasteiger partial charge in [0.1, 0.15) is 0 Å². The van der Waals surface area contributed by atoms with Crippen LogP contribution in [0.3, 0.4) is 0 Å². The number of rotatable bonds is 3. The number of nitrogens with zero attached hydrogens (tertiary/aromatic N) is 2. The van der Waals surface area contributed by atoms with Crippen molar-refractivity contribution in [2.24, 2.45) is 0 Å². The minimum Gasteiger partial charge on any atom is -0.288 e. The molecule has 112 valence electrons. The summed E-state index contributed by atoms with van der Waals surface area (Å²) in [5.41, 5.74) is 2.87. The van der Waals surface area contributed by atoms with Crippen LogP contribution in [0.15, 0.2) is 60.7 Å². The molecule has 1 saturated heterocycles. The number of piperidine rings is 1. The van der Waals surface area contributed by atoms with E-state index in [1.165, 1.54) is 11.1 Å². The van der Waals surface area contributed by atoms with E-state index >= 15 is 0 Å². The first kappa shape index (κ1) is 14.8. The van der Waals surface area contributed by atoms with Gasteiger partial charge in [0.05, 0.1) is 12.1 Å². The predicted molar refractivity (Wildman–Crippen MR) is 89.5 cm³/mol. The molecule has 0 saturated carbocycles. The fraction of sp³-hybridized carbons (Fsp3) is 0.350.